The average Bonchev–Trinajstić information content (AvgIpc) is 3.15. The molecule has 29 heavy (non-hydrogen) atoms. The van der Waals surface area contributed by atoms with Crippen LogP contribution >= 0.6 is 46.4 Å². The Balaban J connectivity index is 0.000000687. The van der Waals surface area contributed by atoms with Crippen molar-refractivity contribution in [3.05, 3.63) is 95.9 Å². The first-order valence-electron chi connectivity index (χ1n) is 8.08. The van der Waals surface area contributed by atoms with Gasteiger partial charge in [-0.3, -0.25) is 0 Å². The quantitative estimate of drug-likeness (QED) is 0.325. The van der Waals surface area contributed by atoms with E-state index in [1.165, 1.54) is 0 Å². The van der Waals surface area contributed by atoms with Crippen LogP contribution in [-0.4, -0.2) is 20.3 Å². The normalized spacial score (nSPS) is 11.4. The molecule has 154 valence electrons. The molecule has 1 aromatic heterocycles. The van der Waals surface area contributed by atoms with E-state index in [2.05, 4.69) is 9.97 Å². The number of hydrogen-bond acceptors (Lipinski definition) is 4. The van der Waals surface area contributed by atoms with Crippen molar-refractivity contribution in [2.24, 2.45) is 0 Å². The second kappa shape index (κ2) is 11.2. The minimum atomic E-state index is -1.50. The molecule has 0 fully saturated rings. The fourth-order valence-corrected chi connectivity index (χ4v) is 3.35. The second-order valence-electron chi connectivity index (χ2n) is 5.69. The third-order valence-corrected chi connectivity index (χ3v) is 4.87. The molecule has 3 rings (SSSR count). The number of aromatic amines is 1. The maximum Gasteiger partial charge on any atom is 0.291 e. The first-order valence-corrected chi connectivity index (χ1v) is 9.59. The van der Waals surface area contributed by atoms with E-state index < -0.39 is 5.09 Å². The van der Waals surface area contributed by atoms with Crippen LogP contribution in [-0.2, 0) is 17.8 Å². The number of ether oxygens (including phenoxy) is 1. The number of H-pyrrole nitrogens is 1. The van der Waals surface area contributed by atoms with E-state index in [1.807, 2.05) is 12.1 Å². The molecule has 0 radical (unpaired) electrons. The molecule has 1 unspecified atom stereocenters. The van der Waals surface area contributed by atoms with Crippen LogP contribution in [0.1, 0.15) is 23.1 Å². The number of benzene rings is 2. The summed E-state index contributed by atoms with van der Waals surface area (Å²) in [5, 5.41) is 16.0. The third-order valence-electron chi connectivity index (χ3n) is 3.70. The maximum atomic E-state index is 8.36. The van der Waals surface area contributed by atoms with Crippen molar-refractivity contribution in [3.63, 3.8) is 0 Å². The summed E-state index contributed by atoms with van der Waals surface area (Å²) in [5.74, 6) is 0.719. The van der Waals surface area contributed by atoms with Gasteiger partial charge in [-0.1, -0.05) is 58.5 Å². The molecule has 0 saturated carbocycles. The zero-order valence-electron chi connectivity index (χ0n) is 14.7. The van der Waals surface area contributed by atoms with Crippen molar-refractivity contribution in [2.75, 3.05) is 0 Å². The number of aromatic nitrogens is 2. The zero-order chi connectivity index (χ0) is 21.4. The van der Waals surface area contributed by atoms with Crippen molar-refractivity contribution in [2.45, 2.75) is 19.1 Å². The average molecular weight is 479 g/mol. The van der Waals surface area contributed by atoms with E-state index in [9.17, 15) is 0 Å². The molecule has 1 heterocycles. The molecule has 1 atom stereocenters. The Bertz CT molecular complexity index is 950. The Hall–Kier alpha value is -2.03. The summed E-state index contributed by atoms with van der Waals surface area (Å²) in [6.45, 7) is 0.326. The first-order chi connectivity index (χ1) is 13.8. The summed E-state index contributed by atoms with van der Waals surface area (Å²) in [5.41, 5.74) is 1.78. The van der Waals surface area contributed by atoms with Crippen LogP contribution in [0.25, 0.3) is 0 Å². The Morgan fingerprint density at radius 2 is 1.62 bits per heavy atom. The molecule has 0 aliphatic heterocycles. The molecule has 0 aliphatic rings. The van der Waals surface area contributed by atoms with Gasteiger partial charge < -0.3 is 14.9 Å². The van der Waals surface area contributed by atoms with Crippen LogP contribution in [0.3, 0.4) is 0 Å². The monoisotopic (exact) mass is 477 g/mol. The Labute approximate surface area is 186 Å². The maximum absolute atomic E-state index is 8.36. The number of hydrogen-bond donors (Lipinski definition) is 2. The molecule has 0 saturated heterocycles. The summed E-state index contributed by atoms with van der Waals surface area (Å²) in [6.07, 6.45) is 3.68. The van der Waals surface area contributed by atoms with Gasteiger partial charge in [0.05, 0.1) is 6.61 Å². The van der Waals surface area contributed by atoms with Gasteiger partial charge in [0, 0.05) is 38.9 Å². The first kappa shape index (κ1) is 23.3. The van der Waals surface area contributed by atoms with E-state index in [0.717, 1.165) is 17.0 Å². The Morgan fingerprint density at radius 1 is 1.07 bits per heavy atom. The number of rotatable bonds is 6. The van der Waals surface area contributed by atoms with Gasteiger partial charge in [-0.05, 0) is 35.4 Å². The van der Waals surface area contributed by atoms with E-state index in [0.29, 0.717) is 33.1 Å². The van der Waals surface area contributed by atoms with E-state index in [1.54, 1.807) is 36.7 Å². The molecule has 7 nitrogen and oxygen atoms in total. The molecule has 0 spiro atoms. The van der Waals surface area contributed by atoms with Crippen molar-refractivity contribution >= 4 is 46.4 Å². The number of halogens is 4. The SMILES string of the molecule is Clc1ccc(COC(Cc2ccc(Cl)cc2Cl)c2ncc[nH]2)c(Cl)c1.O=[N+]([O-])O. The molecule has 2 N–H and O–H groups in total. The predicted octanol–water partition coefficient (Wildman–Crippen LogP) is 6.18. The fourth-order valence-electron chi connectivity index (χ4n) is 2.40. The summed E-state index contributed by atoms with van der Waals surface area (Å²) in [4.78, 5) is 15.8. The molecule has 3 aromatic rings. The van der Waals surface area contributed by atoms with Gasteiger partial charge in [0.15, 0.2) is 0 Å². The highest BCUT2D eigenvalue weighted by Gasteiger charge is 2.18. The topological polar surface area (TPSA) is 101 Å². The van der Waals surface area contributed by atoms with Crippen LogP contribution in [0.15, 0.2) is 48.8 Å². The van der Waals surface area contributed by atoms with Crippen molar-refractivity contribution in [1.82, 2.24) is 9.97 Å². The highest BCUT2D eigenvalue weighted by atomic mass is 35.5. The van der Waals surface area contributed by atoms with Gasteiger partial charge >= 0.3 is 0 Å². The molecule has 0 aliphatic carbocycles. The van der Waals surface area contributed by atoms with Crippen LogP contribution in [0, 0.1) is 10.1 Å². The molecule has 0 bridgehead atoms. The molecule has 2 aromatic carbocycles. The summed E-state index contributed by atoms with van der Waals surface area (Å²) in [7, 11) is 0. The third kappa shape index (κ3) is 7.72. The van der Waals surface area contributed by atoms with Crippen LogP contribution < -0.4 is 0 Å². The van der Waals surface area contributed by atoms with Gasteiger partial charge in [0.25, 0.3) is 5.09 Å². The summed E-state index contributed by atoms with van der Waals surface area (Å²) >= 11 is 24.4. The van der Waals surface area contributed by atoms with Crippen molar-refractivity contribution < 1.29 is 15.0 Å². The lowest BCUT2D eigenvalue weighted by atomic mass is 10.1. The second-order valence-corrected chi connectivity index (χ2v) is 7.37. The van der Waals surface area contributed by atoms with E-state index >= 15 is 0 Å². The van der Waals surface area contributed by atoms with Crippen LogP contribution in [0.2, 0.25) is 20.1 Å². The summed E-state index contributed by atoms with van der Waals surface area (Å²) < 4.78 is 6.07. The smallest absolute Gasteiger partial charge is 0.291 e. The number of imidazole rings is 1. The van der Waals surface area contributed by atoms with Crippen molar-refractivity contribution in [1.29, 1.82) is 0 Å². The number of nitrogens with one attached hydrogen (secondary N) is 1. The van der Waals surface area contributed by atoms with Crippen molar-refractivity contribution in [3.8, 4) is 0 Å². The largest absolute Gasteiger partial charge is 0.365 e. The molecular formula is C18H15Cl4N3O4. The molecular weight excluding hydrogens is 464 g/mol. The van der Waals surface area contributed by atoms with Crippen LogP contribution in [0.5, 0.6) is 0 Å². The van der Waals surface area contributed by atoms with E-state index in [-0.39, 0.29) is 6.10 Å². The Kier molecular flexibility index (Phi) is 9.00. The predicted molar refractivity (Wildman–Crippen MR) is 112 cm³/mol. The minimum Gasteiger partial charge on any atom is -0.365 e. The lowest BCUT2D eigenvalue weighted by molar-refractivity contribution is -0.742. The highest BCUT2D eigenvalue weighted by molar-refractivity contribution is 6.35. The highest BCUT2D eigenvalue weighted by Crippen LogP contribution is 2.29. The van der Waals surface area contributed by atoms with Gasteiger partial charge in [0.2, 0.25) is 0 Å². The van der Waals surface area contributed by atoms with Crippen LogP contribution in [0.4, 0.5) is 0 Å². The Morgan fingerprint density at radius 3 is 2.10 bits per heavy atom. The number of nitrogens with zero attached hydrogens (tertiary/aromatic N) is 2. The standard InChI is InChI=1S/C18H14Cl4N2O.HNO3/c19-13-3-1-11(15(21)8-13)7-17(18-23-5-6-24-18)25-10-12-2-4-14(20)9-16(12)22;2-1(3)4/h1-6,8-9,17H,7,10H2,(H,23,24);(H,2,3,4). The lowest BCUT2D eigenvalue weighted by Gasteiger charge is -2.17. The fraction of sp³-hybridized carbons (Fsp3) is 0.167. The molecule has 11 heteroatoms. The van der Waals surface area contributed by atoms with Gasteiger partial charge in [-0.2, -0.15) is 0 Å². The van der Waals surface area contributed by atoms with Gasteiger partial charge in [-0.25, -0.2) is 4.98 Å². The molecule has 0 amide bonds. The van der Waals surface area contributed by atoms with Gasteiger partial charge in [0.1, 0.15) is 11.9 Å². The minimum absolute atomic E-state index is 0.305. The van der Waals surface area contributed by atoms with Gasteiger partial charge in [-0.15, -0.1) is 10.1 Å². The lowest BCUT2D eigenvalue weighted by Crippen LogP contribution is -2.10. The van der Waals surface area contributed by atoms with E-state index in [4.69, 9.17) is 66.5 Å². The zero-order valence-corrected chi connectivity index (χ0v) is 17.7. The summed E-state index contributed by atoms with van der Waals surface area (Å²) in [6, 6.07) is 10.7.